The fourth-order valence-electron chi connectivity index (χ4n) is 1.88. The minimum atomic E-state index is -0.288. The molecule has 0 atom stereocenters. The van der Waals surface area contributed by atoms with Crippen LogP contribution < -0.4 is 10.2 Å². The van der Waals surface area contributed by atoms with Gasteiger partial charge in [-0.25, -0.2) is 0 Å². The molecule has 108 valence electrons. The van der Waals surface area contributed by atoms with Gasteiger partial charge in [0.2, 0.25) is 0 Å². The monoisotopic (exact) mass is 492 g/mol. The third-order valence-electron chi connectivity index (χ3n) is 2.85. The average Bonchev–Trinajstić information content (AvgIpc) is 2.55. The quantitative estimate of drug-likeness (QED) is 0.346. The molecule has 0 fully saturated rings. The molecular weight excluding hydrogens is 481 g/mol. The molecule has 0 saturated carbocycles. The smallest absolute Gasteiger partial charge is 0.858 e. The zero-order valence-electron chi connectivity index (χ0n) is 12.1. The molecule has 4 rings (SSSR count). The summed E-state index contributed by atoms with van der Waals surface area (Å²) in [5.41, 5.74) is 2.82. The number of hydrogen-bond donors (Lipinski definition) is 0. The summed E-state index contributed by atoms with van der Waals surface area (Å²) in [5.74, 6) is -0.576. The Balaban J connectivity index is 0.000000160. The fraction of sp³-hybridized carbons (Fsp3) is 0. The summed E-state index contributed by atoms with van der Waals surface area (Å²) in [5, 5.41) is 21.4. The average molecular weight is 491 g/mol. The van der Waals surface area contributed by atoms with Crippen molar-refractivity contribution < 1.29 is 37.9 Å². The Morgan fingerprint density at radius 3 is 1.30 bits per heavy atom. The first kappa shape index (κ1) is 17.0. The molecule has 0 unspecified atom stereocenters. The van der Waals surface area contributed by atoms with E-state index in [0.717, 1.165) is 11.0 Å². The van der Waals surface area contributed by atoms with E-state index in [1.54, 1.807) is 12.1 Å². The Kier molecular flexibility index (Phi) is 5.75. The summed E-state index contributed by atoms with van der Waals surface area (Å²) in [7, 11) is 0. The van der Waals surface area contributed by atoms with Crippen LogP contribution in [0.15, 0.2) is 60.9 Å². The first-order valence-electron chi connectivity index (χ1n) is 6.50. The van der Waals surface area contributed by atoms with Crippen molar-refractivity contribution in [2.45, 2.75) is 0 Å². The Morgan fingerprint density at radius 2 is 0.913 bits per heavy atom. The van der Waals surface area contributed by atoms with Crippen molar-refractivity contribution in [1.82, 2.24) is 19.9 Å². The summed E-state index contributed by atoms with van der Waals surface area (Å²) in [6.45, 7) is 0. The van der Waals surface area contributed by atoms with Crippen molar-refractivity contribution in [1.29, 1.82) is 0 Å². The molecule has 0 saturated heterocycles. The van der Waals surface area contributed by atoms with Crippen LogP contribution in [0.25, 0.3) is 22.1 Å². The number of aromatic nitrogens is 4. The molecule has 4 aromatic rings. The van der Waals surface area contributed by atoms with Gasteiger partial charge in [0.05, 0.1) is 22.1 Å². The maximum atomic E-state index is 10.7. The second-order valence-corrected chi connectivity index (χ2v) is 4.39. The summed E-state index contributed by atoms with van der Waals surface area (Å²) in [6.07, 6.45) is 2.45. The fourth-order valence-corrected chi connectivity index (χ4v) is 1.88. The molecule has 6 nitrogen and oxygen atoms in total. The van der Waals surface area contributed by atoms with E-state index in [1.807, 2.05) is 36.4 Å². The molecule has 0 aliphatic rings. The summed E-state index contributed by atoms with van der Waals surface area (Å²) >= 11 is 0. The molecule has 0 radical (unpaired) electrons. The van der Waals surface area contributed by atoms with Crippen LogP contribution in [0, 0.1) is 0 Å². The van der Waals surface area contributed by atoms with E-state index in [1.165, 1.54) is 12.4 Å². The van der Waals surface area contributed by atoms with Gasteiger partial charge in [0.1, 0.15) is 0 Å². The molecule has 0 amide bonds. The van der Waals surface area contributed by atoms with Crippen molar-refractivity contribution in [2.24, 2.45) is 0 Å². The van der Waals surface area contributed by atoms with E-state index in [4.69, 9.17) is 0 Å². The topological polar surface area (TPSA) is 97.7 Å². The van der Waals surface area contributed by atoms with Gasteiger partial charge in [-0.2, -0.15) is 0 Å². The van der Waals surface area contributed by atoms with Gasteiger partial charge in [0.25, 0.3) is 0 Å². The van der Waals surface area contributed by atoms with Gasteiger partial charge in [0, 0.05) is 24.2 Å². The van der Waals surface area contributed by atoms with Crippen LogP contribution in [0.3, 0.4) is 0 Å². The van der Waals surface area contributed by atoms with E-state index in [0.29, 0.717) is 11.0 Å². The van der Waals surface area contributed by atoms with Gasteiger partial charge >= 0.3 is 27.7 Å². The SMILES string of the molecule is [Hg+2].[O-]c1cnc2ccccc2n1.[O-]c1cnc2ccccc2n1. The predicted octanol–water partition coefficient (Wildman–Crippen LogP) is 1.40. The number of hydrogen-bond acceptors (Lipinski definition) is 6. The van der Waals surface area contributed by atoms with E-state index in [9.17, 15) is 10.2 Å². The first-order chi connectivity index (χ1) is 10.7. The van der Waals surface area contributed by atoms with Crippen LogP contribution in [-0.2, 0) is 27.7 Å². The second-order valence-electron chi connectivity index (χ2n) is 4.39. The van der Waals surface area contributed by atoms with Crippen molar-refractivity contribution in [3.05, 3.63) is 60.9 Å². The second kappa shape index (κ2) is 7.78. The molecular formula is C16H10HgN4O2. The predicted molar refractivity (Wildman–Crippen MR) is 78.0 cm³/mol. The molecule has 0 N–H and O–H groups in total. The third-order valence-corrected chi connectivity index (χ3v) is 2.85. The van der Waals surface area contributed by atoms with Crippen molar-refractivity contribution in [3.63, 3.8) is 0 Å². The zero-order valence-corrected chi connectivity index (χ0v) is 17.6. The van der Waals surface area contributed by atoms with Crippen LogP contribution in [-0.4, -0.2) is 19.9 Å². The maximum absolute atomic E-state index is 10.7. The number of nitrogens with zero attached hydrogens (tertiary/aromatic N) is 4. The number of benzene rings is 2. The molecule has 0 bridgehead atoms. The first-order valence-corrected chi connectivity index (χ1v) is 6.50. The van der Waals surface area contributed by atoms with Crippen molar-refractivity contribution in [3.8, 4) is 11.8 Å². The van der Waals surface area contributed by atoms with Crippen molar-refractivity contribution >= 4 is 22.1 Å². The van der Waals surface area contributed by atoms with Gasteiger partial charge in [-0.3, -0.25) is 19.9 Å². The van der Waals surface area contributed by atoms with Gasteiger partial charge in [-0.15, -0.1) is 0 Å². The Morgan fingerprint density at radius 1 is 0.565 bits per heavy atom. The normalized spacial score (nSPS) is 9.74. The van der Waals surface area contributed by atoms with Gasteiger partial charge in [-0.1, -0.05) is 24.3 Å². The standard InChI is InChI=1S/2C8H6N2O.Hg/c2*11-8-5-9-6-3-1-2-4-7(6)10-8;/h2*1-5H,(H,10,11);/q;;+2/p-2. The van der Waals surface area contributed by atoms with E-state index in [-0.39, 0.29) is 39.4 Å². The van der Waals surface area contributed by atoms with Crippen LogP contribution >= 0.6 is 0 Å². The molecule has 0 spiro atoms. The summed E-state index contributed by atoms with van der Waals surface area (Å²) < 4.78 is 0. The minimum Gasteiger partial charge on any atom is -0.858 e. The maximum Gasteiger partial charge on any atom is 2.00 e. The van der Waals surface area contributed by atoms with Crippen LogP contribution in [0.4, 0.5) is 0 Å². The number of fused-ring (bicyclic) bond motifs is 2. The van der Waals surface area contributed by atoms with Crippen LogP contribution in [0.1, 0.15) is 0 Å². The van der Waals surface area contributed by atoms with Gasteiger partial charge in [0.15, 0.2) is 0 Å². The molecule has 7 heteroatoms. The molecule has 23 heavy (non-hydrogen) atoms. The van der Waals surface area contributed by atoms with E-state index >= 15 is 0 Å². The van der Waals surface area contributed by atoms with Gasteiger partial charge < -0.3 is 10.2 Å². The van der Waals surface area contributed by atoms with E-state index < -0.39 is 0 Å². The van der Waals surface area contributed by atoms with Crippen molar-refractivity contribution in [2.75, 3.05) is 0 Å². The number of para-hydroxylation sites is 4. The largest absolute Gasteiger partial charge is 2.00 e. The Bertz CT molecular complexity index is 856. The Hall–Kier alpha value is -2.34. The molecule has 2 heterocycles. The zero-order chi connectivity index (χ0) is 15.4. The van der Waals surface area contributed by atoms with Gasteiger partial charge in [-0.05, 0) is 24.3 Å². The Labute approximate surface area is 152 Å². The summed E-state index contributed by atoms with van der Waals surface area (Å²) in [4.78, 5) is 15.3. The minimum absolute atomic E-state index is 0. The molecule has 2 aromatic carbocycles. The third kappa shape index (κ3) is 4.32. The summed E-state index contributed by atoms with van der Waals surface area (Å²) in [6, 6.07) is 14.6. The molecule has 0 aliphatic carbocycles. The number of rotatable bonds is 0. The van der Waals surface area contributed by atoms with E-state index in [2.05, 4.69) is 19.9 Å². The van der Waals surface area contributed by atoms with Crippen LogP contribution in [0.2, 0.25) is 0 Å². The van der Waals surface area contributed by atoms with Crippen LogP contribution in [0.5, 0.6) is 11.8 Å². The molecule has 0 aliphatic heterocycles. The molecule has 2 aromatic heterocycles.